The Morgan fingerprint density at radius 2 is 2.58 bits per heavy atom. The number of hydrogen-bond acceptors (Lipinski definition) is 4. The zero-order valence-electron chi connectivity index (χ0n) is 7.05. The maximum absolute atomic E-state index is 11.1. The van der Waals surface area contributed by atoms with Gasteiger partial charge >= 0.3 is 5.97 Å². The van der Waals surface area contributed by atoms with Crippen LogP contribution in [0.4, 0.5) is 5.95 Å². The van der Waals surface area contributed by atoms with Crippen LogP contribution >= 0.6 is 0 Å². The van der Waals surface area contributed by atoms with Gasteiger partial charge in [0.1, 0.15) is 5.69 Å². The van der Waals surface area contributed by atoms with Crippen LogP contribution in [0.3, 0.4) is 0 Å². The molecule has 5 nitrogen and oxygen atoms in total. The van der Waals surface area contributed by atoms with Crippen molar-refractivity contribution in [1.82, 2.24) is 9.97 Å². The second kappa shape index (κ2) is 3.75. The Hall–Kier alpha value is -1.52. The number of carbonyl (C=O) groups excluding carboxylic acids is 1. The lowest BCUT2D eigenvalue weighted by Crippen LogP contribution is -2.04. The molecule has 1 rings (SSSR count). The molecule has 66 valence electrons. The molecule has 0 aliphatic rings. The van der Waals surface area contributed by atoms with Crippen LogP contribution in [0.1, 0.15) is 17.4 Å². The fourth-order valence-electron chi connectivity index (χ4n) is 0.761. The number of anilines is 1. The lowest BCUT2D eigenvalue weighted by atomic mass is 10.5. The third kappa shape index (κ3) is 1.75. The van der Waals surface area contributed by atoms with Crippen molar-refractivity contribution in [2.24, 2.45) is 0 Å². The van der Waals surface area contributed by atoms with Gasteiger partial charge in [0.25, 0.3) is 0 Å². The van der Waals surface area contributed by atoms with Crippen LogP contribution < -0.4 is 5.32 Å². The van der Waals surface area contributed by atoms with Gasteiger partial charge in [0.15, 0.2) is 5.95 Å². The molecule has 2 N–H and O–H groups in total. The molecule has 0 fully saturated rings. The zero-order valence-corrected chi connectivity index (χ0v) is 7.05. The van der Waals surface area contributed by atoms with Crippen molar-refractivity contribution in [2.45, 2.75) is 6.92 Å². The van der Waals surface area contributed by atoms with Gasteiger partial charge in [0, 0.05) is 7.05 Å². The van der Waals surface area contributed by atoms with Crippen molar-refractivity contribution in [1.29, 1.82) is 0 Å². The van der Waals surface area contributed by atoms with Gasteiger partial charge in [-0.25, -0.2) is 9.78 Å². The smallest absolute Gasteiger partial charge is 0.356 e. The van der Waals surface area contributed by atoms with Gasteiger partial charge in [-0.3, -0.25) is 0 Å². The summed E-state index contributed by atoms with van der Waals surface area (Å²) in [5.41, 5.74) is 0.362. The molecule has 0 aliphatic carbocycles. The molecular formula is C7H11N3O2. The molecule has 0 radical (unpaired) electrons. The molecule has 0 amide bonds. The Labute approximate surface area is 70.1 Å². The zero-order chi connectivity index (χ0) is 8.97. The third-order valence-corrected chi connectivity index (χ3v) is 1.31. The molecule has 0 saturated carbocycles. The van der Waals surface area contributed by atoms with Crippen molar-refractivity contribution < 1.29 is 9.53 Å². The number of rotatable bonds is 3. The van der Waals surface area contributed by atoms with E-state index in [1.54, 1.807) is 14.0 Å². The van der Waals surface area contributed by atoms with E-state index < -0.39 is 0 Å². The summed E-state index contributed by atoms with van der Waals surface area (Å²) in [7, 11) is 1.72. The number of nitrogens with one attached hydrogen (secondary N) is 2. The van der Waals surface area contributed by atoms with E-state index in [1.807, 2.05) is 0 Å². The first-order valence-electron chi connectivity index (χ1n) is 3.67. The summed E-state index contributed by atoms with van der Waals surface area (Å²) >= 11 is 0. The quantitative estimate of drug-likeness (QED) is 0.651. The number of hydrogen-bond donors (Lipinski definition) is 2. The van der Waals surface area contributed by atoms with Crippen LogP contribution in [0.15, 0.2) is 6.20 Å². The number of esters is 1. The van der Waals surface area contributed by atoms with E-state index in [4.69, 9.17) is 4.74 Å². The maximum atomic E-state index is 11.1. The minimum absolute atomic E-state index is 0.362. The Morgan fingerprint density at radius 3 is 3.08 bits per heavy atom. The largest absolute Gasteiger partial charge is 0.461 e. The van der Waals surface area contributed by atoms with E-state index in [2.05, 4.69) is 15.3 Å². The molecule has 12 heavy (non-hydrogen) atoms. The summed E-state index contributed by atoms with van der Waals surface area (Å²) in [4.78, 5) is 17.7. The number of ether oxygens (including phenoxy) is 1. The molecule has 0 spiro atoms. The highest BCUT2D eigenvalue weighted by atomic mass is 16.5. The molecule has 1 aromatic heterocycles. The minimum atomic E-state index is -0.383. The fourth-order valence-corrected chi connectivity index (χ4v) is 0.761. The molecule has 5 heteroatoms. The van der Waals surface area contributed by atoms with Crippen LogP contribution in [0.2, 0.25) is 0 Å². The van der Waals surface area contributed by atoms with Gasteiger partial charge in [-0.2, -0.15) is 0 Å². The standard InChI is InChI=1S/C7H11N3O2/c1-3-12-6(11)5-4-9-7(8-2)10-5/h4H,3H2,1-2H3,(H2,8,9,10). The third-order valence-electron chi connectivity index (χ3n) is 1.31. The van der Waals surface area contributed by atoms with E-state index in [9.17, 15) is 4.79 Å². The fraction of sp³-hybridized carbons (Fsp3) is 0.429. The highest BCUT2D eigenvalue weighted by Crippen LogP contribution is 2.02. The van der Waals surface area contributed by atoms with Crippen molar-refractivity contribution >= 4 is 11.9 Å². The Morgan fingerprint density at radius 1 is 1.83 bits per heavy atom. The first kappa shape index (κ1) is 8.58. The SMILES string of the molecule is CCOC(=O)c1cnc(NC)[nH]1. The van der Waals surface area contributed by atoms with Gasteiger partial charge in [0.05, 0.1) is 12.8 Å². The molecule has 1 heterocycles. The van der Waals surface area contributed by atoms with Crippen molar-refractivity contribution in [2.75, 3.05) is 19.0 Å². The average Bonchev–Trinajstić information content (AvgIpc) is 2.52. The van der Waals surface area contributed by atoms with E-state index >= 15 is 0 Å². The first-order chi connectivity index (χ1) is 5.77. The molecule has 1 aromatic rings. The number of H-pyrrole nitrogens is 1. The van der Waals surface area contributed by atoms with Crippen molar-refractivity contribution in [3.63, 3.8) is 0 Å². The second-order valence-electron chi connectivity index (χ2n) is 2.12. The minimum Gasteiger partial charge on any atom is -0.461 e. The van der Waals surface area contributed by atoms with Gasteiger partial charge in [-0.15, -0.1) is 0 Å². The summed E-state index contributed by atoms with van der Waals surface area (Å²) in [5, 5.41) is 2.77. The van der Waals surface area contributed by atoms with Crippen LogP contribution in [0.5, 0.6) is 0 Å². The van der Waals surface area contributed by atoms with Crippen molar-refractivity contribution in [3.8, 4) is 0 Å². The summed E-state index contributed by atoms with van der Waals surface area (Å²) in [6.45, 7) is 2.12. The lowest BCUT2D eigenvalue weighted by Gasteiger charge is -1.96. The summed E-state index contributed by atoms with van der Waals surface area (Å²) in [5.74, 6) is 0.171. The highest BCUT2D eigenvalue weighted by Gasteiger charge is 2.08. The monoisotopic (exact) mass is 169 g/mol. The van der Waals surface area contributed by atoms with E-state index in [0.29, 0.717) is 18.2 Å². The average molecular weight is 169 g/mol. The maximum Gasteiger partial charge on any atom is 0.356 e. The predicted octanol–water partition coefficient (Wildman–Crippen LogP) is 0.628. The number of aromatic amines is 1. The summed E-state index contributed by atoms with van der Waals surface area (Å²) in [6.07, 6.45) is 1.43. The predicted molar refractivity (Wildman–Crippen MR) is 44.1 cm³/mol. The first-order valence-corrected chi connectivity index (χ1v) is 3.67. The lowest BCUT2D eigenvalue weighted by molar-refractivity contribution is 0.0520. The van der Waals surface area contributed by atoms with Gasteiger partial charge in [-0.05, 0) is 6.92 Å². The number of imidazole rings is 1. The van der Waals surface area contributed by atoms with Crippen LogP contribution in [0.25, 0.3) is 0 Å². The summed E-state index contributed by atoms with van der Waals surface area (Å²) < 4.78 is 4.75. The van der Waals surface area contributed by atoms with Crippen LogP contribution in [-0.2, 0) is 4.74 Å². The van der Waals surface area contributed by atoms with Gasteiger partial charge in [0.2, 0.25) is 0 Å². The van der Waals surface area contributed by atoms with Crippen molar-refractivity contribution in [3.05, 3.63) is 11.9 Å². The topological polar surface area (TPSA) is 67.0 Å². The Bertz CT molecular complexity index is 269. The molecule has 0 unspecified atom stereocenters. The number of aromatic nitrogens is 2. The molecule has 0 aliphatic heterocycles. The molecule has 0 aromatic carbocycles. The number of carbonyl (C=O) groups is 1. The molecule has 0 atom stereocenters. The van der Waals surface area contributed by atoms with E-state index in [0.717, 1.165) is 0 Å². The highest BCUT2D eigenvalue weighted by molar-refractivity contribution is 5.87. The summed E-state index contributed by atoms with van der Waals surface area (Å²) in [6, 6.07) is 0. The molecule has 0 saturated heterocycles. The Balaban J connectivity index is 2.68. The van der Waals surface area contributed by atoms with E-state index in [-0.39, 0.29) is 5.97 Å². The normalized spacial score (nSPS) is 9.50. The molecular weight excluding hydrogens is 158 g/mol. The van der Waals surface area contributed by atoms with Gasteiger partial charge in [-0.1, -0.05) is 0 Å². The second-order valence-corrected chi connectivity index (χ2v) is 2.12. The van der Waals surface area contributed by atoms with Crippen LogP contribution in [-0.4, -0.2) is 29.6 Å². The number of nitrogens with zero attached hydrogens (tertiary/aromatic N) is 1. The van der Waals surface area contributed by atoms with Crippen LogP contribution in [0, 0.1) is 0 Å². The molecule has 0 bridgehead atoms. The van der Waals surface area contributed by atoms with E-state index in [1.165, 1.54) is 6.20 Å². The Kier molecular flexibility index (Phi) is 2.68. The van der Waals surface area contributed by atoms with Gasteiger partial charge < -0.3 is 15.0 Å².